The van der Waals surface area contributed by atoms with Crippen LogP contribution in [0, 0.1) is 17.5 Å². The lowest BCUT2D eigenvalue weighted by atomic mass is 9.90. The molecule has 0 saturated carbocycles. The topological polar surface area (TPSA) is 92.3 Å². The Bertz CT molecular complexity index is 1750. The van der Waals surface area contributed by atoms with Gasteiger partial charge in [-0.3, -0.25) is 0 Å². The van der Waals surface area contributed by atoms with Crippen LogP contribution in [0.3, 0.4) is 0 Å². The van der Waals surface area contributed by atoms with Gasteiger partial charge in [0.1, 0.15) is 30.2 Å². The molecule has 0 spiro atoms. The molecule has 3 aliphatic heterocycles. The van der Waals surface area contributed by atoms with Gasteiger partial charge in [-0.15, -0.1) is 11.3 Å². The molecule has 2 saturated heterocycles. The van der Waals surface area contributed by atoms with Gasteiger partial charge in [-0.1, -0.05) is 11.2 Å². The average molecular weight is 551 g/mol. The molecule has 1 aliphatic carbocycles. The molecule has 2 aromatic rings. The molecule has 7 nitrogen and oxygen atoms in total. The summed E-state index contributed by atoms with van der Waals surface area (Å²) in [6.07, 6.45) is 4.31. The van der Waals surface area contributed by atoms with Gasteiger partial charge in [-0.25, -0.2) is 22.5 Å². The predicted molar refractivity (Wildman–Crippen MR) is 145 cm³/mol. The highest BCUT2D eigenvalue weighted by Crippen LogP contribution is 2.48. The maximum atomic E-state index is 16.0. The number of carboxylic acids is 1. The molecule has 0 unspecified atom stereocenters. The molecule has 198 valence electrons. The summed E-state index contributed by atoms with van der Waals surface area (Å²) >= 11 is 1.47. The van der Waals surface area contributed by atoms with Crippen LogP contribution in [0.2, 0.25) is 0 Å². The van der Waals surface area contributed by atoms with Crippen molar-refractivity contribution in [3.63, 3.8) is 0 Å². The standard InChI is InChI=1S/C28H22F3N5O2S/c29-24-23(28(37)38)22(25(30)27(26(24)31)33-34-32)21-17-7-5-15(35-9-1-2-10-35)13-19(17)39-20-14-16(6-8-18(20)21)36-11-3-4-12-36/h5-8,13-14H,1-4,9-12H2/p+1. The van der Waals surface area contributed by atoms with Crippen LogP contribution in [0.4, 0.5) is 24.5 Å². The highest BCUT2D eigenvalue weighted by molar-refractivity contribution is 7.21. The maximum Gasteiger partial charge on any atom is 0.339 e. The Morgan fingerprint density at radius 2 is 1.72 bits per heavy atom. The number of carboxylic acid groups (broad SMARTS) is 1. The fourth-order valence-corrected chi connectivity index (χ4v) is 6.85. The summed E-state index contributed by atoms with van der Waals surface area (Å²) in [7, 11) is 0. The van der Waals surface area contributed by atoms with Crippen LogP contribution in [-0.2, 0) is 0 Å². The molecule has 3 heterocycles. The van der Waals surface area contributed by atoms with E-state index < -0.39 is 40.2 Å². The molecule has 2 aromatic carbocycles. The van der Waals surface area contributed by atoms with Crippen LogP contribution in [-0.4, -0.2) is 37.3 Å². The molecular weight excluding hydrogens is 527 g/mol. The highest BCUT2D eigenvalue weighted by atomic mass is 32.1. The first kappa shape index (κ1) is 25.2. The lowest BCUT2D eigenvalue weighted by molar-refractivity contribution is 0.0691. The van der Waals surface area contributed by atoms with Crippen molar-refractivity contribution in [1.29, 1.82) is 0 Å². The predicted octanol–water partition coefficient (Wildman–Crippen LogP) is 6.90. The van der Waals surface area contributed by atoms with Gasteiger partial charge < -0.3 is 10.0 Å². The SMILES string of the molecule is [N-]=[N+]=Nc1c(F)c(F)c(C(=O)O)c(-c2c3ccc(=[N+]4CCCC4)cc-3sc3cc(N4CCCC4)ccc23)c1F. The Hall–Kier alpha value is -4.08. The normalized spacial score (nSPS) is 15.4. The smallest absolute Gasteiger partial charge is 0.339 e. The summed E-state index contributed by atoms with van der Waals surface area (Å²) < 4.78 is 48.8. The number of benzene rings is 3. The largest absolute Gasteiger partial charge is 0.478 e. The zero-order valence-corrected chi connectivity index (χ0v) is 21.6. The number of carbonyl (C=O) groups is 1. The van der Waals surface area contributed by atoms with Crippen molar-refractivity contribution in [2.75, 3.05) is 31.1 Å². The lowest BCUT2D eigenvalue weighted by Gasteiger charge is -2.21. The number of hydrogen-bond acceptors (Lipinski definition) is 4. The fourth-order valence-electron chi connectivity index (χ4n) is 5.70. The number of nitrogens with zero attached hydrogens (tertiary/aromatic N) is 5. The first-order valence-electron chi connectivity index (χ1n) is 12.7. The van der Waals surface area contributed by atoms with Crippen molar-refractivity contribution in [3.8, 4) is 21.6 Å². The molecule has 0 aromatic heterocycles. The number of anilines is 1. The number of hydrogen-bond donors (Lipinski definition) is 1. The second-order valence-corrected chi connectivity index (χ2v) is 10.8. The second-order valence-electron chi connectivity index (χ2n) is 9.76. The molecule has 0 atom stereocenters. The van der Waals surface area contributed by atoms with E-state index in [1.807, 2.05) is 24.3 Å². The van der Waals surface area contributed by atoms with Crippen LogP contribution in [0.1, 0.15) is 36.0 Å². The number of halogens is 3. The monoisotopic (exact) mass is 550 g/mol. The molecule has 11 heteroatoms. The van der Waals surface area contributed by atoms with E-state index >= 15 is 8.78 Å². The molecule has 39 heavy (non-hydrogen) atoms. The van der Waals surface area contributed by atoms with Crippen molar-refractivity contribution in [2.24, 2.45) is 5.11 Å². The van der Waals surface area contributed by atoms with E-state index in [1.165, 1.54) is 11.3 Å². The lowest BCUT2D eigenvalue weighted by Crippen LogP contribution is -2.26. The summed E-state index contributed by atoms with van der Waals surface area (Å²) in [4.78, 5) is 17.7. The molecular formula is C28H23F3N5O2S+. The first-order chi connectivity index (χ1) is 18.9. The van der Waals surface area contributed by atoms with Crippen LogP contribution in [0.15, 0.2) is 41.5 Å². The van der Waals surface area contributed by atoms with E-state index in [2.05, 4.69) is 19.5 Å². The molecule has 2 fully saturated rings. The van der Waals surface area contributed by atoms with Crippen molar-refractivity contribution in [2.45, 2.75) is 25.7 Å². The Morgan fingerprint density at radius 3 is 2.41 bits per heavy atom. The van der Waals surface area contributed by atoms with Gasteiger partial charge in [-0.2, -0.15) is 0 Å². The quantitative estimate of drug-likeness (QED) is 0.0748. The zero-order chi connectivity index (χ0) is 27.3. The van der Waals surface area contributed by atoms with Crippen LogP contribution >= 0.6 is 11.3 Å². The number of azide groups is 1. The van der Waals surface area contributed by atoms with Crippen LogP contribution in [0.5, 0.6) is 0 Å². The van der Waals surface area contributed by atoms with Crippen molar-refractivity contribution < 1.29 is 23.1 Å². The minimum atomic E-state index is -1.84. The van der Waals surface area contributed by atoms with Crippen LogP contribution in [0.25, 0.3) is 42.1 Å². The number of fused-ring (bicyclic) bond motifs is 2. The van der Waals surface area contributed by atoms with Gasteiger partial charge in [0.25, 0.3) is 0 Å². The average Bonchev–Trinajstić information content (AvgIpc) is 3.66. The van der Waals surface area contributed by atoms with Gasteiger partial charge in [0, 0.05) is 80.3 Å². The Labute approximate surface area is 225 Å². The minimum Gasteiger partial charge on any atom is -0.478 e. The molecule has 0 amide bonds. The number of aromatic carboxylic acids is 1. The Balaban J connectivity index is 1.76. The summed E-state index contributed by atoms with van der Waals surface area (Å²) in [6.45, 7) is 3.64. The van der Waals surface area contributed by atoms with Crippen molar-refractivity contribution >= 4 is 38.8 Å². The highest BCUT2D eigenvalue weighted by Gasteiger charge is 2.32. The van der Waals surface area contributed by atoms with E-state index in [4.69, 9.17) is 5.53 Å². The number of rotatable bonds is 4. The first-order valence-corrected chi connectivity index (χ1v) is 13.5. The molecule has 1 N–H and O–H groups in total. The summed E-state index contributed by atoms with van der Waals surface area (Å²) in [5.74, 6) is -6.87. The third-order valence-corrected chi connectivity index (χ3v) is 8.65. The maximum absolute atomic E-state index is 16.0. The molecule has 0 bridgehead atoms. The van der Waals surface area contributed by atoms with E-state index in [9.17, 15) is 14.3 Å². The van der Waals surface area contributed by atoms with E-state index in [1.54, 1.807) is 12.1 Å². The van der Waals surface area contributed by atoms with E-state index in [0.717, 1.165) is 72.5 Å². The van der Waals surface area contributed by atoms with Crippen molar-refractivity contribution in [3.05, 3.63) is 75.2 Å². The third kappa shape index (κ3) is 4.18. The summed E-state index contributed by atoms with van der Waals surface area (Å²) in [5, 5.41) is 14.4. The van der Waals surface area contributed by atoms with Crippen molar-refractivity contribution in [1.82, 2.24) is 4.58 Å². The van der Waals surface area contributed by atoms with Gasteiger partial charge in [-0.05, 0) is 36.6 Å². The van der Waals surface area contributed by atoms with Gasteiger partial charge >= 0.3 is 5.97 Å². The van der Waals surface area contributed by atoms with Gasteiger partial charge in [0.2, 0.25) is 5.36 Å². The molecule has 4 aliphatic rings. The Kier molecular flexibility index (Phi) is 6.40. The van der Waals surface area contributed by atoms with Crippen LogP contribution < -0.4 is 14.8 Å². The van der Waals surface area contributed by atoms with E-state index in [-0.39, 0.29) is 5.56 Å². The van der Waals surface area contributed by atoms with Gasteiger partial charge in [0.15, 0.2) is 11.6 Å². The minimum absolute atomic E-state index is 0.114. The summed E-state index contributed by atoms with van der Waals surface area (Å²) in [6, 6.07) is 11.2. The molecule has 0 radical (unpaired) electrons. The van der Waals surface area contributed by atoms with E-state index in [0.29, 0.717) is 10.9 Å². The third-order valence-electron chi connectivity index (χ3n) is 7.54. The fraction of sp³-hybridized carbons (Fsp3) is 0.286. The summed E-state index contributed by atoms with van der Waals surface area (Å²) in [5.41, 5.74) is 7.48. The zero-order valence-electron chi connectivity index (χ0n) is 20.8. The van der Waals surface area contributed by atoms with Gasteiger partial charge in [0.05, 0.1) is 0 Å². The second kappa shape index (κ2) is 9.91. The molecule has 6 rings (SSSR count). The Morgan fingerprint density at radius 1 is 0.974 bits per heavy atom.